The second kappa shape index (κ2) is 39.8. The fourth-order valence-electron chi connectivity index (χ4n) is 7.81. The Bertz CT molecular complexity index is 961. The van der Waals surface area contributed by atoms with Gasteiger partial charge in [0.15, 0.2) is 6.29 Å². The summed E-state index contributed by atoms with van der Waals surface area (Å²) in [5, 5.41) is 54.1. The molecule has 0 bridgehead atoms. The van der Waals surface area contributed by atoms with E-state index in [4.69, 9.17) is 9.47 Å². The van der Waals surface area contributed by atoms with Crippen LogP contribution in [0, 0.1) is 0 Å². The number of hydrogen-bond acceptors (Lipinski definition) is 8. The second-order valence-electron chi connectivity index (χ2n) is 17.3. The molecular weight excluding hydrogens is 731 g/mol. The maximum absolute atomic E-state index is 12.9. The quantitative estimate of drug-likeness (QED) is 0.0264. The molecule has 0 radical (unpaired) electrons. The SMILES string of the molecule is CCC/C=C\CCCCCCCC(=O)NC(COC1OC(CO)C(O)C(O)C1O)C(O)/C=C/CCCCCCCCCCCCCCCCCCCCCCCCC. The molecule has 0 spiro atoms. The van der Waals surface area contributed by atoms with Crippen LogP contribution < -0.4 is 5.32 Å². The molecule has 1 amide bonds. The molecule has 9 heteroatoms. The summed E-state index contributed by atoms with van der Waals surface area (Å²) in [5.41, 5.74) is 0. The third-order valence-electron chi connectivity index (χ3n) is 11.8. The van der Waals surface area contributed by atoms with E-state index in [1.807, 2.05) is 6.08 Å². The summed E-state index contributed by atoms with van der Waals surface area (Å²) in [6.45, 7) is 3.71. The molecule has 1 aliphatic rings. The topological polar surface area (TPSA) is 149 Å². The van der Waals surface area contributed by atoms with Crippen LogP contribution in [-0.2, 0) is 14.3 Å². The highest BCUT2D eigenvalue weighted by molar-refractivity contribution is 5.76. The number of allylic oxidation sites excluding steroid dienone is 3. The molecular formula is C49H93NO8. The van der Waals surface area contributed by atoms with Crippen LogP contribution in [0.15, 0.2) is 24.3 Å². The number of ether oxygens (including phenoxy) is 2. The summed E-state index contributed by atoms with van der Waals surface area (Å²) >= 11 is 0. The van der Waals surface area contributed by atoms with E-state index in [1.165, 1.54) is 141 Å². The lowest BCUT2D eigenvalue weighted by Gasteiger charge is -2.40. The van der Waals surface area contributed by atoms with Gasteiger partial charge in [0.2, 0.25) is 5.91 Å². The van der Waals surface area contributed by atoms with E-state index >= 15 is 0 Å². The van der Waals surface area contributed by atoms with Crippen LogP contribution in [0.1, 0.15) is 226 Å². The Morgan fingerprint density at radius 1 is 0.569 bits per heavy atom. The van der Waals surface area contributed by atoms with Crippen molar-refractivity contribution in [3.8, 4) is 0 Å². The normalized spacial score (nSPS) is 21.0. The van der Waals surface area contributed by atoms with Crippen LogP contribution in [0.2, 0.25) is 0 Å². The van der Waals surface area contributed by atoms with Crippen LogP contribution in [0.4, 0.5) is 0 Å². The molecule has 9 nitrogen and oxygen atoms in total. The largest absolute Gasteiger partial charge is 0.394 e. The highest BCUT2D eigenvalue weighted by Crippen LogP contribution is 2.23. The Hall–Kier alpha value is -1.33. The molecule has 1 fully saturated rings. The average molecular weight is 824 g/mol. The zero-order valence-electron chi connectivity index (χ0n) is 37.6. The Kier molecular flexibility index (Phi) is 37.5. The smallest absolute Gasteiger partial charge is 0.220 e. The number of amides is 1. The van der Waals surface area contributed by atoms with Crippen LogP contribution in [0.3, 0.4) is 0 Å². The molecule has 1 aliphatic heterocycles. The molecule has 0 aromatic rings. The van der Waals surface area contributed by atoms with E-state index in [0.29, 0.717) is 6.42 Å². The molecule has 7 unspecified atom stereocenters. The summed E-state index contributed by atoms with van der Waals surface area (Å²) in [7, 11) is 0. The molecule has 0 aliphatic carbocycles. The highest BCUT2D eigenvalue weighted by Gasteiger charge is 2.44. The van der Waals surface area contributed by atoms with Gasteiger partial charge in [0.25, 0.3) is 0 Å². The van der Waals surface area contributed by atoms with E-state index in [1.54, 1.807) is 6.08 Å². The van der Waals surface area contributed by atoms with E-state index in [0.717, 1.165) is 64.2 Å². The second-order valence-corrected chi connectivity index (χ2v) is 17.3. The third-order valence-corrected chi connectivity index (χ3v) is 11.8. The summed E-state index contributed by atoms with van der Waals surface area (Å²) in [6.07, 6.45) is 41.0. The number of nitrogens with one attached hydrogen (secondary N) is 1. The van der Waals surface area contributed by atoms with Gasteiger partial charge in [0, 0.05) is 6.42 Å². The van der Waals surface area contributed by atoms with E-state index in [9.17, 15) is 30.3 Å². The van der Waals surface area contributed by atoms with Gasteiger partial charge in [-0.2, -0.15) is 0 Å². The number of unbranched alkanes of at least 4 members (excludes halogenated alkanes) is 29. The van der Waals surface area contributed by atoms with Crippen LogP contribution in [0.5, 0.6) is 0 Å². The first-order valence-corrected chi connectivity index (χ1v) is 24.6. The molecule has 1 saturated heterocycles. The molecule has 342 valence electrons. The minimum Gasteiger partial charge on any atom is -0.394 e. The number of carbonyl (C=O) groups is 1. The van der Waals surface area contributed by atoms with Crippen molar-refractivity contribution in [3.05, 3.63) is 24.3 Å². The lowest BCUT2D eigenvalue weighted by molar-refractivity contribution is -0.302. The van der Waals surface area contributed by atoms with Crippen molar-refractivity contribution in [2.75, 3.05) is 13.2 Å². The highest BCUT2D eigenvalue weighted by atomic mass is 16.7. The van der Waals surface area contributed by atoms with E-state index < -0.39 is 49.5 Å². The Morgan fingerprint density at radius 2 is 1.00 bits per heavy atom. The van der Waals surface area contributed by atoms with E-state index in [2.05, 4.69) is 31.3 Å². The molecule has 0 saturated carbocycles. The standard InChI is InChI=1S/C49H93NO8/c1-3-5-7-9-11-13-15-16-17-18-19-20-21-22-23-24-25-26-27-28-29-30-32-34-36-38-43(52)42(41-57-49-48(56)47(55)46(54)44(40-51)58-49)50-45(53)39-37-35-33-31-14-12-10-8-6-4-2/h8,10,36,38,42-44,46-49,51-52,54-56H,3-7,9,11-35,37,39-41H2,1-2H3,(H,50,53)/b10-8-,38-36+. The number of carbonyl (C=O) groups excluding carboxylic acids is 1. The maximum atomic E-state index is 12.9. The summed E-state index contributed by atoms with van der Waals surface area (Å²) in [6, 6.07) is -0.805. The van der Waals surface area contributed by atoms with Crippen molar-refractivity contribution in [1.82, 2.24) is 5.32 Å². The first-order valence-electron chi connectivity index (χ1n) is 24.6. The lowest BCUT2D eigenvalue weighted by atomic mass is 9.99. The summed E-state index contributed by atoms with van der Waals surface area (Å²) < 4.78 is 11.2. The lowest BCUT2D eigenvalue weighted by Crippen LogP contribution is -2.60. The first-order chi connectivity index (χ1) is 28.3. The van der Waals surface area contributed by atoms with Gasteiger partial charge in [-0.3, -0.25) is 4.79 Å². The van der Waals surface area contributed by atoms with Crippen LogP contribution in [-0.4, -0.2) is 87.5 Å². The fraction of sp³-hybridized carbons (Fsp3) is 0.898. The van der Waals surface area contributed by atoms with Crippen molar-refractivity contribution >= 4 is 5.91 Å². The predicted molar refractivity (Wildman–Crippen MR) is 240 cm³/mol. The maximum Gasteiger partial charge on any atom is 0.220 e. The summed E-state index contributed by atoms with van der Waals surface area (Å²) in [5.74, 6) is -0.188. The monoisotopic (exact) mass is 824 g/mol. The molecule has 0 aromatic heterocycles. The van der Waals surface area contributed by atoms with E-state index in [-0.39, 0.29) is 12.5 Å². The third kappa shape index (κ3) is 29.8. The van der Waals surface area contributed by atoms with Crippen molar-refractivity contribution in [1.29, 1.82) is 0 Å². The van der Waals surface area contributed by atoms with Crippen LogP contribution >= 0.6 is 0 Å². The Balaban J connectivity index is 2.23. The van der Waals surface area contributed by atoms with Crippen LogP contribution in [0.25, 0.3) is 0 Å². The number of aliphatic hydroxyl groups excluding tert-OH is 5. The molecule has 6 N–H and O–H groups in total. The van der Waals surface area contributed by atoms with Gasteiger partial charge in [0.1, 0.15) is 24.4 Å². The zero-order valence-corrected chi connectivity index (χ0v) is 37.6. The van der Waals surface area contributed by atoms with Gasteiger partial charge < -0.3 is 40.3 Å². The van der Waals surface area contributed by atoms with Crippen molar-refractivity contribution in [2.24, 2.45) is 0 Å². The average Bonchev–Trinajstić information content (AvgIpc) is 3.22. The van der Waals surface area contributed by atoms with Gasteiger partial charge in [-0.05, 0) is 38.5 Å². The Morgan fingerprint density at radius 3 is 1.47 bits per heavy atom. The number of aliphatic hydroxyl groups is 5. The first kappa shape index (κ1) is 54.7. The van der Waals surface area contributed by atoms with Crippen molar-refractivity contribution in [2.45, 2.75) is 269 Å². The van der Waals surface area contributed by atoms with Gasteiger partial charge in [0.05, 0.1) is 25.4 Å². The Labute approximate surface area is 356 Å². The van der Waals surface area contributed by atoms with Gasteiger partial charge in [-0.25, -0.2) is 0 Å². The van der Waals surface area contributed by atoms with Gasteiger partial charge in [-0.1, -0.05) is 205 Å². The molecule has 0 aromatic carbocycles. The summed E-state index contributed by atoms with van der Waals surface area (Å²) in [4.78, 5) is 12.9. The fourth-order valence-corrected chi connectivity index (χ4v) is 7.81. The molecule has 7 atom stereocenters. The van der Waals surface area contributed by atoms with Crippen molar-refractivity contribution < 1.29 is 39.8 Å². The minimum atomic E-state index is -1.57. The van der Waals surface area contributed by atoms with Gasteiger partial charge >= 0.3 is 0 Å². The van der Waals surface area contributed by atoms with Crippen molar-refractivity contribution in [3.63, 3.8) is 0 Å². The number of hydrogen-bond donors (Lipinski definition) is 6. The molecule has 1 heterocycles. The molecule has 58 heavy (non-hydrogen) atoms. The zero-order chi connectivity index (χ0) is 42.3. The molecule has 1 rings (SSSR count). The minimum absolute atomic E-state index is 0.188. The van der Waals surface area contributed by atoms with Gasteiger partial charge in [-0.15, -0.1) is 0 Å². The predicted octanol–water partition coefficient (Wildman–Crippen LogP) is 10.7. The number of rotatable bonds is 41.